The van der Waals surface area contributed by atoms with Crippen LogP contribution in [0.1, 0.15) is 49.3 Å². The molecule has 0 aliphatic carbocycles. The van der Waals surface area contributed by atoms with E-state index in [0.717, 1.165) is 12.8 Å². The second kappa shape index (κ2) is 8.38. The summed E-state index contributed by atoms with van der Waals surface area (Å²) in [6, 6.07) is 8.36. The van der Waals surface area contributed by atoms with E-state index in [0.29, 0.717) is 11.6 Å². The Kier molecular flexibility index (Phi) is 6.22. The third-order valence-corrected chi connectivity index (χ3v) is 3.50. The van der Waals surface area contributed by atoms with Gasteiger partial charge in [-0.2, -0.15) is 13.8 Å². The highest BCUT2D eigenvalue weighted by Gasteiger charge is 2.09. The second-order valence-corrected chi connectivity index (χ2v) is 5.36. The van der Waals surface area contributed by atoms with E-state index in [2.05, 4.69) is 23.7 Å². The zero-order valence-corrected chi connectivity index (χ0v) is 13.0. The molecule has 0 saturated heterocycles. The van der Waals surface area contributed by atoms with Crippen LogP contribution < -0.4 is 0 Å². The van der Waals surface area contributed by atoms with Crippen molar-refractivity contribution in [1.82, 2.24) is 4.98 Å². The average molecular weight is 317 g/mol. The van der Waals surface area contributed by atoms with Crippen LogP contribution in [0.2, 0.25) is 0 Å². The Bertz CT molecular complexity index is 712. The molecule has 23 heavy (non-hydrogen) atoms. The minimum absolute atomic E-state index is 0.257. The molecule has 1 aromatic heterocycles. The van der Waals surface area contributed by atoms with E-state index >= 15 is 0 Å². The van der Waals surface area contributed by atoms with E-state index in [1.54, 1.807) is 0 Å². The summed E-state index contributed by atoms with van der Waals surface area (Å²) in [5.74, 6) is 1.44. The summed E-state index contributed by atoms with van der Waals surface area (Å²) in [5.41, 5.74) is 1.66. The lowest BCUT2D eigenvalue weighted by atomic mass is 10.0. The zero-order chi connectivity index (χ0) is 16.7. The summed E-state index contributed by atoms with van der Waals surface area (Å²) < 4.78 is 39.2. The largest absolute Gasteiger partial charge is 0.251 e. The topological polar surface area (TPSA) is 12.9 Å². The van der Waals surface area contributed by atoms with Gasteiger partial charge < -0.3 is 0 Å². The molecule has 1 heterocycles. The number of hydrogen-bond donors (Lipinski definition) is 0. The van der Waals surface area contributed by atoms with Crippen LogP contribution in [0.3, 0.4) is 0 Å². The van der Waals surface area contributed by atoms with Crippen molar-refractivity contribution in [3.63, 3.8) is 0 Å². The fourth-order valence-electron chi connectivity index (χ4n) is 2.18. The first-order valence-corrected chi connectivity index (χ1v) is 7.72. The number of hydrogen-bond acceptors (Lipinski definition) is 1. The van der Waals surface area contributed by atoms with Gasteiger partial charge in [-0.05, 0) is 36.6 Å². The number of halogens is 3. The lowest BCUT2D eigenvalue weighted by Gasteiger charge is -2.01. The van der Waals surface area contributed by atoms with Crippen molar-refractivity contribution in [2.75, 3.05) is 0 Å². The zero-order valence-electron chi connectivity index (χ0n) is 13.0. The summed E-state index contributed by atoms with van der Waals surface area (Å²) >= 11 is 0. The molecule has 0 saturated carbocycles. The fraction of sp³-hybridized carbons (Fsp3) is 0.316. The van der Waals surface area contributed by atoms with Gasteiger partial charge in [-0.1, -0.05) is 50.2 Å². The highest BCUT2D eigenvalue weighted by atomic mass is 19.2. The Morgan fingerprint density at radius 1 is 0.913 bits per heavy atom. The number of aromatic nitrogens is 1. The fourth-order valence-corrected chi connectivity index (χ4v) is 2.18. The molecule has 0 N–H and O–H groups in total. The molecule has 120 valence electrons. The van der Waals surface area contributed by atoms with E-state index in [9.17, 15) is 13.2 Å². The molecular formula is C19H18F3N. The predicted octanol–water partition coefficient (Wildman–Crippen LogP) is 5.02. The Balaban J connectivity index is 2.03. The molecule has 0 amide bonds. The predicted molar refractivity (Wildman–Crippen MR) is 84.4 cm³/mol. The lowest BCUT2D eigenvalue weighted by molar-refractivity contribution is 0.446. The van der Waals surface area contributed by atoms with Gasteiger partial charge in [0.1, 0.15) is 0 Å². The minimum atomic E-state index is -1.46. The Morgan fingerprint density at radius 3 is 2.35 bits per heavy atom. The summed E-state index contributed by atoms with van der Waals surface area (Å²) in [7, 11) is 0. The van der Waals surface area contributed by atoms with Gasteiger partial charge in [-0.15, -0.1) is 0 Å². The molecule has 0 aliphatic rings. The van der Waals surface area contributed by atoms with Gasteiger partial charge in [0.25, 0.3) is 5.95 Å². The SMILES string of the molecule is CCCCCCc1ccc(C#Cc2cc(F)c(F)nc2F)cc1. The molecule has 4 heteroatoms. The highest BCUT2D eigenvalue weighted by molar-refractivity contribution is 5.43. The first-order valence-electron chi connectivity index (χ1n) is 7.72. The van der Waals surface area contributed by atoms with Gasteiger partial charge in [-0.3, -0.25) is 0 Å². The number of pyridine rings is 1. The monoisotopic (exact) mass is 317 g/mol. The van der Waals surface area contributed by atoms with Crippen molar-refractivity contribution in [3.8, 4) is 11.8 Å². The van der Waals surface area contributed by atoms with Gasteiger partial charge in [-0.25, -0.2) is 4.39 Å². The number of rotatable bonds is 5. The summed E-state index contributed by atoms with van der Waals surface area (Å²) in [4.78, 5) is 2.84. The molecule has 0 radical (unpaired) electrons. The number of nitrogens with zero attached hydrogens (tertiary/aromatic N) is 1. The van der Waals surface area contributed by atoms with Crippen molar-refractivity contribution in [3.05, 3.63) is 64.7 Å². The molecule has 0 unspecified atom stereocenters. The van der Waals surface area contributed by atoms with E-state index in [1.165, 1.54) is 24.8 Å². The maximum Gasteiger partial charge on any atom is 0.251 e. The van der Waals surface area contributed by atoms with Crippen LogP contribution >= 0.6 is 0 Å². The summed E-state index contributed by atoms with van der Waals surface area (Å²) in [6.45, 7) is 2.18. The van der Waals surface area contributed by atoms with Crippen LogP contribution in [-0.4, -0.2) is 4.98 Å². The van der Waals surface area contributed by atoms with E-state index in [-0.39, 0.29) is 5.56 Å². The van der Waals surface area contributed by atoms with E-state index in [1.807, 2.05) is 24.3 Å². The lowest BCUT2D eigenvalue weighted by Crippen LogP contribution is -1.97. The van der Waals surface area contributed by atoms with Crippen LogP contribution in [-0.2, 0) is 6.42 Å². The van der Waals surface area contributed by atoms with Crippen molar-refractivity contribution >= 4 is 0 Å². The van der Waals surface area contributed by atoms with Crippen LogP contribution in [0.25, 0.3) is 0 Å². The molecule has 0 fully saturated rings. The molecule has 0 aliphatic heterocycles. The summed E-state index contributed by atoms with van der Waals surface area (Å²) in [6.07, 6.45) is 5.86. The first kappa shape index (κ1) is 17.1. The Hall–Kier alpha value is -2.28. The average Bonchev–Trinajstić information content (AvgIpc) is 2.55. The standard InChI is InChI=1S/C19H18F3N/c1-2-3-4-5-6-14-7-9-15(10-8-14)11-12-16-13-17(20)19(22)23-18(16)21/h7-10,13H,2-6H2,1H3. The number of benzene rings is 1. The van der Waals surface area contributed by atoms with Crippen molar-refractivity contribution in [2.24, 2.45) is 0 Å². The van der Waals surface area contributed by atoms with Crippen molar-refractivity contribution in [1.29, 1.82) is 0 Å². The third-order valence-electron chi connectivity index (χ3n) is 3.50. The minimum Gasteiger partial charge on any atom is -0.202 e. The molecule has 0 bridgehead atoms. The highest BCUT2D eigenvalue weighted by Crippen LogP contribution is 2.11. The van der Waals surface area contributed by atoms with Crippen LogP contribution in [0, 0.1) is 29.6 Å². The first-order chi connectivity index (χ1) is 11.1. The normalized spacial score (nSPS) is 10.3. The molecule has 1 aromatic carbocycles. The van der Waals surface area contributed by atoms with Gasteiger partial charge in [0.05, 0.1) is 5.56 Å². The van der Waals surface area contributed by atoms with Crippen LogP contribution in [0.5, 0.6) is 0 Å². The maximum absolute atomic E-state index is 13.4. The van der Waals surface area contributed by atoms with Crippen molar-refractivity contribution < 1.29 is 13.2 Å². The molecular weight excluding hydrogens is 299 g/mol. The van der Waals surface area contributed by atoms with Gasteiger partial charge in [0.2, 0.25) is 5.95 Å². The maximum atomic E-state index is 13.4. The summed E-state index contributed by atoms with van der Waals surface area (Å²) in [5, 5.41) is 0. The Labute approximate surface area is 134 Å². The molecule has 2 aromatic rings. The van der Waals surface area contributed by atoms with Gasteiger partial charge in [0, 0.05) is 5.56 Å². The molecule has 0 spiro atoms. The van der Waals surface area contributed by atoms with E-state index < -0.39 is 17.7 Å². The molecule has 1 nitrogen and oxygen atoms in total. The second-order valence-electron chi connectivity index (χ2n) is 5.36. The van der Waals surface area contributed by atoms with E-state index in [4.69, 9.17) is 0 Å². The Morgan fingerprint density at radius 2 is 1.65 bits per heavy atom. The van der Waals surface area contributed by atoms with Gasteiger partial charge >= 0.3 is 0 Å². The van der Waals surface area contributed by atoms with Crippen LogP contribution in [0.4, 0.5) is 13.2 Å². The van der Waals surface area contributed by atoms with Crippen LogP contribution in [0.15, 0.2) is 30.3 Å². The quantitative estimate of drug-likeness (QED) is 0.428. The third kappa shape index (κ3) is 5.14. The number of unbranched alkanes of at least 4 members (excludes halogenated alkanes) is 3. The molecule has 0 atom stereocenters. The van der Waals surface area contributed by atoms with Gasteiger partial charge in [0.15, 0.2) is 5.82 Å². The van der Waals surface area contributed by atoms with Crippen molar-refractivity contribution in [2.45, 2.75) is 39.0 Å². The smallest absolute Gasteiger partial charge is 0.202 e. The number of aryl methyl sites for hydroxylation is 1. The molecule has 2 rings (SSSR count).